The molecule has 1 aliphatic carbocycles. The van der Waals surface area contributed by atoms with Gasteiger partial charge < -0.3 is 29.6 Å². The number of nitrogens with zero attached hydrogens (tertiary/aromatic N) is 1. The van der Waals surface area contributed by atoms with E-state index in [4.69, 9.17) is 18.9 Å². The summed E-state index contributed by atoms with van der Waals surface area (Å²) in [5.74, 6) is -2.27. The lowest BCUT2D eigenvalue weighted by molar-refractivity contribution is -0.177. The monoisotopic (exact) mass is 688 g/mol. The number of ether oxygens (including phenoxy) is 4. The molecule has 1 saturated heterocycles. The molecule has 3 aromatic rings. The van der Waals surface area contributed by atoms with E-state index < -0.39 is 30.0 Å². The molecule has 1 aliphatic heterocycles. The van der Waals surface area contributed by atoms with Gasteiger partial charge in [-0.05, 0) is 64.2 Å². The Morgan fingerprint density at radius 3 is 1.80 bits per heavy atom. The van der Waals surface area contributed by atoms with Gasteiger partial charge in [0.1, 0.15) is 13.2 Å². The molecule has 1 heterocycles. The molecule has 0 radical (unpaired) electrons. The summed E-state index contributed by atoms with van der Waals surface area (Å²) in [6.07, 6.45) is -2.01. The lowest BCUT2D eigenvalue weighted by Crippen LogP contribution is -2.32. The van der Waals surface area contributed by atoms with E-state index in [-0.39, 0.29) is 37.9 Å². The van der Waals surface area contributed by atoms with Gasteiger partial charge in [0, 0.05) is 62.9 Å². The summed E-state index contributed by atoms with van der Waals surface area (Å²) in [5.41, 5.74) is 5.04. The highest BCUT2D eigenvalue weighted by Crippen LogP contribution is 2.45. The molecule has 0 bridgehead atoms. The molecule has 1 fully saturated rings. The van der Waals surface area contributed by atoms with Gasteiger partial charge in [-0.1, -0.05) is 29.3 Å². The largest absolute Gasteiger partial charge is 0.534 e. The number of carbonyl (C=O) groups is 6. The van der Waals surface area contributed by atoms with Crippen molar-refractivity contribution in [3.8, 4) is 11.1 Å². The van der Waals surface area contributed by atoms with Gasteiger partial charge >= 0.3 is 12.2 Å². The number of hydrogen-bond acceptors (Lipinski definition) is 11. The van der Waals surface area contributed by atoms with Gasteiger partial charge in [-0.2, -0.15) is 0 Å². The molecule has 0 atom stereocenters. The normalized spacial score (nSPS) is 13.4. The molecular weight excluding hydrogens is 652 g/mol. The Bertz CT molecular complexity index is 1690. The van der Waals surface area contributed by atoms with Gasteiger partial charge in [-0.15, -0.1) is 0 Å². The second-order valence-electron chi connectivity index (χ2n) is 11.3. The molecule has 3 N–H and O–H groups in total. The van der Waals surface area contributed by atoms with Crippen molar-refractivity contribution in [1.29, 1.82) is 0 Å². The molecule has 0 spiro atoms. The van der Waals surface area contributed by atoms with Crippen LogP contribution in [0.3, 0.4) is 0 Å². The zero-order valence-electron chi connectivity index (χ0n) is 27.4. The average Bonchev–Trinajstić information content (AvgIpc) is 3.60. The third-order valence-corrected chi connectivity index (χ3v) is 7.96. The predicted molar refractivity (Wildman–Crippen MR) is 176 cm³/mol. The summed E-state index contributed by atoms with van der Waals surface area (Å²) in [7, 11) is 3.09. The average molecular weight is 689 g/mol. The Morgan fingerprint density at radius 1 is 0.740 bits per heavy atom. The summed E-state index contributed by atoms with van der Waals surface area (Å²) in [6.45, 7) is 1.10. The summed E-state index contributed by atoms with van der Waals surface area (Å²) >= 11 is 0. The molecule has 262 valence electrons. The van der Waals surface area contributed by atoms with Crippen LogP contribution in [0.1, 0.15) is 56.2 Å². The maximum absolute atomic E-state index is 12.9. The number of nitrogens with one attached hydrogen (secondary N) is 3. The van der Waals surface area contributed by atoms with Gasteiger partial charge in [-0.3, -0.25) is 29.3 Å². The zero-order chi connectivity index (χ0) is 35.6. The van der Waals surface area contributed by atoms with Crippen LogP contribution >= 0.6 is 0 Å². The van der Waals surface area contributed by atoms with E-state index in [2.05, 4.69) is 20.8 Å². The molecule has 50 heavy (non-hydrogen) atoms. The van der Waals surface area contributed by atoms with Gasteiger partial charge in [0.15, 0.2) is 0 Å². The minimum absolute atomic E-state index is 0.0328. The van der Waals surface area contributed by atoms with Crippen molar-refractivity contribution < 1.29 is 52.6 Å². The highest BCUT2D eigenvalue weighted by molar-refractivity contribution is 6.01. The van der Waals surface area contributed by atoms with Crippen LogP contribution in [0.5, 0.6) is 0 Å². The molecule has 0 saturated carbocycles. The molecule has 5 amide bonds. The molecule has 15 heteroatoms. The van der Waals surface area contributed by atoms with E-state index in [9.17, 15) is 28.8 Å². The summed E-state index contributed by atoms with van der Waals surface area (Å²) < 4.78 is 20.7. The first-order valence-corrected chi connectivity index (χ1v) is 15.7. The van der Waals surface area contributed by atoms with Crippen LogP contribution in [0, 0.1) is 0 Å². The highest BCUT2D eigenvalue weighted by Gasteiger charge is 2.34. The Hall–Kier alpha value is -5.80. The van der Waals surface area contributed by atoms with Crippen LogP contribution < -0.4 is 16.0 Å². The van der Waals surface area contributed by atoms with Crippen molar-refractivity contribution in [2.24, 2.45) is 0 Å². The lowest BCUT2D eigenvalue weighted by atomic mass is 9.95. The third kappa shape index (κ3) is 8.61. The SMILES string of the molecule is COCCNC(=O)c1ccc2c(c1)C(COC(=O)Nc1ccc(COC(=O)ON3C(=O)CCC3=O)cc1)c1cc(C(=O)NCCOC)ccc1-2. The number of hydrogen-bond donors (Lipinski definition) is 3. The first-order valence-electron chi connectivity index (χ1n) is 15.7. The van der Waals surface area contributed by atoms with Crippen LogP contribution in [-0.4, -0.2) is 88.1 Å². The van der Waals surface area contributed by atoms with Crippen molar-refractivity contribution in [3.05, 3.63) is 88.5 Å². The predicted octanol–water partition coefficient (Wildman–Crippen LogP) is 3.52. The fraction of sp³-hybridized carbons (Fsp3) is 0.314. The van der Waals surface area contributed by atoms with Crippen LogP contribution in [0.25, 0.3) is 11.1 Å². The van der Waals surface area contributed by atoms with Crippen molar-refractivity contribution in [2.45, 2.75) is 25.4 Å². The second kappa shape index (κ2) is 16.5. The van der Waals surface area contributed by atoms with Gasteiger partial charge in [-0.25, -0.2) is 9.59 Å². The Balaban J connectivity index is 1.24. The van der Waals surface area contributed by atoms with Crippen LogP contribution in [0.2, 0.25) is 0 Å². The quantitative estimate of drug-likeness (QED) is 0.128. The van der Waals surface area contributed by atoms with E-state index in [0.29, 0.717) is 53.7 Å². The van der Waals surface area contributed by atoms with Crippen molar-refractivity contribution >= 4 is 41.6 Å². The summed E-state index contributed by atoms with van der Waals surface area (Å²) in [4.78, 5) is 78.4. The number of anilines is 1. The minimum atomic E-state index is -1.20. The van der Waals surface area contributed by atoms with Gasteiger partial charge in [0.2, 0.25) is 0 Å². The molecule has 3 aromatic carbocycles. The molecule has 2 aliphatic rings. The Morgan fingerprint density at radius 2 is 1.28 bits per heavy atom. The van der Waals surface area contributed by atoms with E-state index >= 15 is 0 Å². The number of methoxy groups -OCH3 is 2. The topological polar surface area (TPSA) is 188 Å². The summed E-state index contributed by atoms with van der Waals surface area (Å²) in [6, 6.07) is 17.0. The molecule has 5 rings (SSSR count). The van der Waals surface area contributed by atoms with Crippen LogP contribution in [0.4, 0.5) is 15.3 Å². The van der Waals surface area contributed by atoms with Crippen molar-refractivity contribution in [3.63, 3.8) is 0 Å². The molecule has 0 aromatic heterocycles. The zero-order valence-corrected chi connectivity index (χ0v) is 27.4. The Labute approximate surface area is 287 Å². The maximum atomic E-state index is 12.9. The van der Waals surface area contributed by atoms with Crippen LogP contribution in [-0.2, 0) is 40.0 Å². The number of fused-ring (bicyclic) bond motifs is 3. The second-order valence-corrected chi connectivity index (χ2v) is 11.3. The van der Waals surface area contributed by atoms with E-state index in [1.54, 1.807) is 62.8 Å². The van der Waals surface area contributed by atoms with Crippen molar-refractivity contribution in [2.75, 3.05) is 52.4 Å². The fourth-order valence-electron chi connectivity index (χ4n) is 5.46. The van der Waals surface area contributed by atoms with Crippen molar-refractivity contribution in [1.82, 2.24) is 15.7 Å². The fourth-order valence-corrected chi connectivity index (χ4v) is 5.46. The van der Waals surface area contributed by atoms with E-state index in [1.165, 1.54) is 0 Å². The minimum Gasteiger partial charge on any atom is -0.448 e. The summed E-state index contributed by atoms with van der Waals surface area (Å²) in [5, 5.41) is 8.66. The number of carbonyl (C=O) groups excluding carboxylic acids is 6. The maximum Gasteiger partial charge on any atom is 0.534 e. The van der Waals surface area contributed by atoms with E-state index in [1.807, 2.05) is 12.1 Å². The van der Waals surface area contributed by atoms with Gasteiger partial charge in [0.25, 0.3) is 23.6 Å². The lowest BCUT2D eigenvalue weighted by Gasteiger charge is -2.16. The number of hydroxylamine groups is 2. The molecular formula is C35H36N4O11. The first-order chi connectivity index (χ1) is 24.2. The highest BCUT2D eigenvalue weighted by atomic mass is 16.8. The van der Waals surface area contributed by atoms with Gasteiger partial charge in [0.05, 0.1) is 13.2 Å². The number of imide groups is 1. The molecule has 0 unspecified atom stereocenters. The third-order valence-electron chi connectivity index (χ3n) is 7.96. The smallest absolute Gasteiger partial charge is 0.448 e. The number of rotatable bonds is 14. The standard InChI is InChI=1S/C35H36N4O11/c1-46-15-13-36-32(42)22-5-9-25-26-10-6-23(33(43)37-14-16-47-2)18-28(26)29(27(25)17-22)20-48-34(44)38-24-7-3-21(4-8-24)19-49-35(45)50-39-30(40)11-12-31(39)41/h3-10,17-18,29H,11-16,19-20H2,1-2H3,(H,36,42)(H,37,43)(H,38,44). The first kappa shape index (κ1) is 35.5. The molecule has 15 nitrogen and oxygen atoms in total. The Kier molecular flexibility index (Phi) is 11.7. The number of benzene rings is 3. The van der Waals surface area contributed by atoms with E-state index in [0.717, 1.165) is 22.3 Å². The number of amides is 5. The van der Waals surface area contributed by atoms with Crippen LogP contribution in [0.15, 0.2) is 60.7 Å².